The van der Waals surface area contributed by atoms with E-state index in [9.17, 15) is 4.11 Å². The largest absolute Gasteiger partial charge is 0.455 e. The van der Waals surface area contributed by atoms with Crippen LogP contribution in [0.5, 0.6) is 11.5 Å². The molecule has 0 radical (unpaired) electrons. The van der Waals surface area contributed by atoms with Crippen molar-refractivity contribution in [2.45, 2.75) is 0 Å². The SMILES string of the molecule is [2H]c1c([2H])c2c([2H])c([2H])c3c([2H])c([2H])c(-c4cc(-c5ccc6c7c(cccc57)-c5ccc7ccccc7c5O6)cc5ccccc45)c4c([2H])c([2H])c(c1[2H])c2c34. The lowest BCUT2D eigenvalue weighted by atomic mass is 9.85. The lowest BCUT2D eigenvalue weighted by molar-refractivity contribution is 0.493. The average Bonchev–Trinajstić information content (AvgIpc) is 3.21. The standard InChI is InChI=1S/C46H26O/c1-4-12-35-27(7-1)17-22-40-38-14-6-13-37-34(23-24-42(45(37)38)47-46(35)40)32-25-31-8-2-3-11-33(31)41(26-32)36-20-18-30-16-15-28-9-5-10-29-19-21-39(36)44(30)43(28)29/h1-26H/i5D,9D,10D,15D,16D,18D,19D,20D,21D. The molecule has 0 amide bonds. The molecule has 1 heterocycles. The van der Waals surface area contributed by atoms with Crippen molar-refractivity contribution in [3.8, 4) is 44.9 Å². The summed E-state index contributed by atoms with van der Waals surface area (Å²) in [6.45, 7) is 0. The summed E-state index contributed by atoms with van der Waals surface area (Å²) in [6, 6.07) is 30.9. The van der Waals surface area contributed by atoms with Crippen LogP contribution in [0.3, 0.4) is 0 Å². The summed E-state index contributed by atoms with van der Waals surface area (Å²) in [5.74, 6) is 1.55. The van der Waals surface area contributed by atoms with E-state index >= 15 is 0 Å². The summed E-state index contributed by atoms with van der Waals surface area (Å²) in [5, 5.41) is 5.92. The minimum Gasteiger partial charge on any atom is -0.455 e. The fraction of sp³-hybridized carbons (Fsp3) is 0. The lowest BCUT2D eigenvalue weighted by Crippen LogP contribution is -1.99. The molecule has 0 N–H and O–H groups in total. The average molecular weight is 604 g/mol. The summed E-state index contributed by atoms with van der Waals surface area (Å²) >= 11 is 0. The molecule has 0 spiro atoms. The van der Waals surface area contributed by atoms with Gasteiger partial charge in [-0.2, -0.15) is 0 Å². The van der Waals surface area contributed by atoms with E-state index in [0.717, 1.165) is 66.1 Å². The molecular weight excluding hydrogens is 569 g/mol. The minimum atomic E-state index is -0.494. The molecule has 47 heavy (non-hydrogen) atoms. The van der Waals surface area contributed by atoms with Gasteiger partial charge in [-0.3, -0.25) is 0 Å². The van der Waals surface area contributed by atoms with Gasteiger partial charge in [-0.15, -0.1) is 0 Å². The first-order valence-corrected chi connectivity index (χ1v) is 15.5. The molecule has 0 bridgehead atoms. The Labute approximate surface area is 283 Å². The van der Waals surface area contributed by atoms with Crippen LogP contribution in [0.15, 0.2) is 158 Å². The van der Waals surface area contributed by atoms with Gasteiger partial charge < -0.3 is 4.74 Å². The molecule has 0 aliphatic carbocycles. The van der Waals surface area contributed by atoms with Crippen molar-refractivity contribution in [3.05, 3.63) is 158 Å². The van der Waals surface area contributed by atoms with Crippen molar-refractivity contribution in [1.82, 2.24) is 0 Å². The molecule has 0 atom stereocenters. The highest BCUT2D eigenvalue weighted by molar-refractivity contribution is 6.26. The van der Waals surface area contributed by atoms with Gasteiger partial charge in [0.05, 0.1) is 12.3 Å². The van der Waals surface area contributed by atoms with Crippen molar-refractivity contribution in [3.63, 3.8) is 0 Å². The molecule has 0 fully saturated rings. The normalized spacial score (nSPS) is 15.1. The van der Waals surface area contributed by atoms with Crippen LogP contribution >= 0.6 is 0 Å². The predicted octanol–water partition coefficient (Wildman–Crippen LogP) is 13.2. The maximum Gasteiger partial charge on any atom is 0.143 e. The van der Waals surface area contributed by atoms with E-state index in [1.165, 1.54) is 0 Å². The molecule has 0 saturated carbocycles. The zero-order valence-corrected chi connectivity index (χ0v) is 24.7. The Morgan fingerprint density at radius 3 is 2.00 bits per heavy atom. The van der Waals surface area contributed by atoms with Crippen LogP contribution in [-0.4, -0.2) is 0 Å². The van der Waals surface area contributed by atoms with Gasteiger partial charge in [-0.05, 0) is 106 Å². The second-order valence-corrected chi connectivity index (χ2v) is 12.1. The highest BCUT2D eigenvalue weighted by atomic mass is 16.5. The maximum atomic E-state index is 9.51. The van der Waals surface area contributed by atoms with Gasteiger partial charge in [-0.25, -0.2) is 0 Å². The molecule has 1 nitrogen and oxygen atoms in total. The first-order valence-electron chi connectivity index (χ1n) is 20.0. The van der Waals surface area contributed by atoms with Gasteiger partial charge in [0, 0.05) is 16.3 Å². The van der Waals surface area contributed by atoms with Crippen LogP contribution in [0.4, 0.5) is 0 Å². The number of rotatable bonds is 2. The van der Waals surface area contributed by atoms with Crippen LogP contribution in [0.2, 0.25) is 0 Å². The highest BCUT2D eigenvalue weighted by Crippen LogP contribution is 2.51. The van der Waals surface area contributed by atoms with Crippen LogP contribution in [0.1, 0.15) is 12.3 Å². The summed E-state index contributed by atoms with van der Waals surface area (Å²) in [7, 11) is 0. The van der Waals surface area contributed by atoms with E-state index < -0.39 is 30.2 Å². The molecule has 10 aromatic carbocycles. The molecule has 1 aliphatic rings. The van der Waals surface area contributed by atoms with E-state index in [4.69, 9.17) is 13.0 Å². The Balaban J connectivity index is 1.25. The number of benzene rings is 10. The first kappa shape index (κ1) is 18.1. The van der Waals surface area contributed by atoms with Gasteiger partial charge in [-0.1, -0.05) is 133 Å². The number of hydrogen-bond acceptors (Lipinski definition) is 1. The predicted molar refractivity (Wildman–Crippen MR) is 199 cm³/mol. The second kappa shape index (κ2) is 9.19. The van der Waals surface area contributed by atoms with E-state index in [-0.39, 0.29) is 62.1 Å². The lowest BCUT2D eigenvalue weighted by Gasteiger charge is -2.24. The van der Waals surface area contributed by atoms with Gasteiger partial charge >= 0.3 is 0 Å². The Morgan fingerprint density at radius 1 is 0.383 bits per heavy atom. The van der Waals surface area contributed by atoms with Gasteiger partial charge in [0.25, 0.3) is 0 Å². The molecule has 1 heteroatoms. The zero-order valence-electron chi connectivity index (χ0n) is 33.7. The van der Waals surface area contributed by atoms with Gasteiger partial charge in [0.15, 0.2) is 0 Å². The number of fused-ring (bicyclic) bond motifs is 5. The Morgan fingerprint density at radius 2 is 1.11 bits per heavy atom. The Hall–Kier alpha value is -6.18. The van der Waals surface area contributed by atoms with E-state index in [1.807, 2.05) is 60.7 Å². The molecule has 0 unspecified atom stereocenters. The van der Waals surface area contributed by atoms with E-state index in [1.54, 1.807) is 0 Å². The van der Waals surface area contributed by atoms with Crippen molar-refractivity contribution in [1.29, 1.82) is 0 Å². The third-order valence-corrected chi connectivity index (χ3v) is 9.64. The topological polar surface area (TPSA) is 9.23 Å². The fourth-order valence-corrected chi connectivity index (χ4v) is 7.55. The van der Waals surface area contributed by atoms with Crippen LogP contribution in [0.25, 0.3) is 98.0 Å². The summed E-state index contributed by atoms with van der Waals surface area (Å²) in [5.41, 5.74) is 4.53. The Bertz CT molecular complexity index is 3420. The summed E-state index contributed by atoms with van der Waals surface area (Å²) in [4.78, 5) is 0. The third kappa shape index (κ3) is 3.43. The zero-order chi connectivity index (χ0) is 38.5. The van der Waals surface area contributed by atoms with Crippen LogP contribution in [0, 0.1) is 0 Å². The molecule has 1 aliphatic heterocycles. The molecule has 0 saturated heterocycles. The summed E-state index contributed by atoms with van der Waals surface area (Å²) in [6.07, 6.45) is 0. The number of ether oxygens (including phenoxy) is 1. The van der Waals surface area contributed by atoms with Crippen molar-refractivity contribution >= 4 is 64.6 Å². The molecule has 11 rings (SSSR count). The first-order chi connectivity index (χ1) is 27.1. The van der Waals surface area contributed by atoms with Crippen LogP contribution < -0.4 is 4.74 Å². The highest BCUT2D eigenvalue weighted by Gasteiger charge is 2.24. The van der Waals surface area contributed by atoms with Crippen molar-refractivity contribution < 1.29 is 17.1 Å². The van der Waals surface area contributed by atoms with E-state index in [2.05, 4.69) is 42.5 Å². The van der Waals surface area contributed by atoms with Gasteiger partial charge in [0.1, 0.15) is 11.5 Å². The minimum absolute atomic E-state index is 0.0432. The second-order valence-electron chi connectivity index (χ2n) is 12.1. The quantitative estimate of drug-likeness (QED) is 0.179. The monoisotopic (exact) mass is 603 g/mol. The number of hydrogen-bond donors (Lipinski definition) is 0. The molecular formula is C46H26O. The molecule has 0 aromatic heterocycles. The van der Waals surface area contributed by atoms with Crippen LogP contribution in [-0.2, 0) is 0 Å². The Kier molecular flexibility index (Phi) is 3.54. The molecule has 10 aromatic rings. The van der Waals surface area contributed by atoms with E-state index in [0.29, 0.717) is 5.56 Å². The maximum absolute atomic E-state index is 9.51. The van der Waals surface area contributed by atoms with Gasteiger partial charge in [0.2, 0.25) is 0 Å². The third-order valence-electron chi connectivity index (χ3n) is 9.64. The molecule has 216 valence electrons. The van der Waals surface area contributed by atoms with Crippen molar-refractivity contribution in [2.24, 2.45) is 0 Å². The fourth-order valence-electron chi connectivity index (χ4n) is 7.55. The van der Waals surface area contributed by atoms with Crippen molar-refractivity contribution in [2.75, 3.05) is 0 Å². The smallest absolute Gasteiger partial charge is 0.143 e. The summed E-state index contributed by atoms with van der Waals surface area (Å²) < 4.78 is 87.9.